The zero-order valence-electron chi connectivity index (χ0n) is 15.2. The van der Waals surface area contributed by atoms with Crippen molar-refractivity contribution in [3.63, 3.8) is 0 Å². The van der Waals surface area contributed by atoms with Crippen LogP contribution in [-0.4, -0.2) is 15.0 Å². The number of ether oxygens (including phenoxy) is 1. The molecule has 4 nitrogen and oxygen atoms in total. The summed E-state index contributed by atoms with van der Waals surface area (Å²) in [4.78, 5) is 0.126. The monoisotopic (exact) mass is 381 g/mol. The minimum atomic E-state index is -3.82. The van der Waals surface area contributed by atoms with Crippen LogP contribution in [0.3, 0.4) is 0 Å². The quantitative estimate of drug-likeness (QED) is 0.779. The van der Waals surface area contributed by atoms with Gasteiger partial charge in [0.2, 0.25) is 0 Å². The number of anilines is 1. The summed E-state index contributed by atoms with van der Waals surface area (Å²) in [7, 11) is -3.82. The Hall–Kier alpha value is -1.72. The molecule has 6 heteroatoms. The van der Waals surface area contributed by atoms with Crippen LogP contribution in [0.5, 0.6) is 5.75 Å². The summed E-state index contributed by atoms with van der Waals surface area (Å²) in [5, 5.41) is 0.508. The van der Waals surface area contributed by atoms with Crippen molar-refractivity contribution < 1.29 is 13.2 Å². The van der Waals surface area contributed by atoms with Crippen molar-refractivity contribution in [3.05, 3.63) is 52.5 Å². The highest BCUT2D eigenvalue weighted by Gasteiger charge is 2.24. The Labute approximate surface area is 155 Å². The molecule has 0 aliphatic rings. The van der Waals surface area contributed by atoms with Gasteiger partial charge in [-0.1, -0.05) is 44.5 Å². The summed E-state index contributed by atoms with van der Waals surface area (Å²) < 4.78 is 34.2. The number of halogens is 1. The normalized spacial score (nSPS) is 12.1. The highest BCUT2D eigenvalue weighted by molar-refractivity contribution is 7.92. The molecule has 2 rings (SSSR count). The molecule has 0 bridgehead atoms. The van der Waals surface area contributed by atoms with Crippen molar-refractivity contribution in [2.75, 3.05) is 11.3 Å². The molecule has 2 aromatic rings. The van der Waals surface area contributed by atoms with E-state index in [1.165, 1.54) is 0 Å². The summed E-state index contributed by atoms with van der Waals surface area (Å²) in [6.45, 7) is 10.1. The van der Waals surface area contributed by atoms with Gasteiger partial charge in [0.15, 0.2) is 0 Å². The van der Waals surface area contributed by atoms with Crippen LogP contribution in [0.15, 0.2) is 41.3 Å². The van der Waals surface area contributed by atoms with Gasteiger partial charge in [0.25, 0.3) is 10.0 Å². The lowest BCUT2D eigenvalue weighted by atomic mass is 9.87. The SMILES string of the molecule is CCOc1ccc(C(C)(C)C)cc1S(=O)(=O)Nc1cccc(Cl)c1C. The minimum Gasteiger partial charge on any atom is -0.492 e. The smallest absolute Gasteiger partial charge is 0.265 e. The van der Waals surface area contributed by atoms with Gasteiger partial charge < -0.3 is 4.74 Å². The Morgan fingerprint density at radius 2 is 1.84 bits per heavy atom. The summed E-state index contributed by atoms with van der Waals surface area (Å²) in [5.74, 6) is 0.336. The van der Waals surface area contributed by atoms with Gasteiger partial charge in [-0.3, -0.25) is 4.72 Å². The van der Waals surface area contributed by atoms with Gasteiger partial charge in [-0.05, 0) is 54.7 Å². The molecule has 2 aromatic carbocycles. The lowest BCUT2D eigenvalue weighted by molar-refractivity contribution is 0.331. The Kier molecular flexibility index (Phi) is 5.69. The maximum Gasteiger partial charge on any atom is 0.265 e. The minimum absolute atomic E-state index is 0.126. The summed E-state index contributed by atoms with van der Waals surface area (Å²) in [5.41, 5.74) is 1.87. The van der Waals surface area contributed by atoms with E-state index in [1.54, 1.807) is 37.3 Å². The first-order valence-electron chi connectivity index (χ1n) is 8.11. The summed E-state index contributed by atoms with van der Waals surface area (Å²) in [6, 6.07) is 10.4. The van der Waals surface area contributed by atoms with Gasteiger partial charge in [0.1, 0.15) is 10.6 Å². The molecule has 0 radical (unpaired) electrons. The van der Waals surface area contributed by atoms with E-state index < -0.39 is 10.0 Å². The molecule has 25 heavy (non-hydrogen) atoms. The van der Waals surface area contributed by atoms with Crippen LogP contribution in [0.25, 0.3) is 0 Å². The Morgan fingerprint density at radius 1 is 1.16 bits per heavy atom. The van der Waals surface area contributed by atoms with Gasteiger partial charge in [0, 0.05) is 5.02 Å². The number of hydrogen-bond acceptors (Lipinski definition) is 3. The van der Waals surface area contributed by atoms with Gasteiger partial charge in [0.05, 0.1) is 12.3 Å². The predicted octanol–water partition coefficient (Wildman–Crippen LogP) is 5.15. The van der Waals surface area contributed by atoms with E-state index in [0.717, 1.165) is 5.56 Å². The van der Waals surface area contributed by atoms with Crippen molar-refractivity contribution in [2.24, 2.45) is 0 Å². The van der Waals surface area contributed by atoms with Crippen LogP contribution in [0.1, 0.15) is 38.8 Å². The fourth-order valence-electron chi connectivity index (χ4n) is 2.38. The standard InChI is InChI=1S/C19H24ClNO3S/c1-6-24-17-11-10-14(19(3,4)5)12-18(17)25(22,23)21-16-9-7-8-15(20)13(16)2/h7-12,21H,6H2,1-5H3. The molecule has 0 aliphatic carbocycles. The largest absolute Gasteiger partial charge is 0.492 e. The highest BCUT2D eigenvalue weighted by Crippen LogP contribution is 2.33. The third kappa shape index (κ3) is 4.47. The number of rotatable bonds is 5. The van der Waals surface area contributed by atoms with Gasteiger partial charge in [-0.2, -0.15) is 0 Å². The number of nitrogens with one attached hydrogen (secondary N) is 1. The molecule has 136 valence electrons. The van der Waals surface area contributed by atoms with E-state index in [-0.39, 0.29) is 10.3 Å². The predicted molar refractivity (Wildman–Crippen MR) is 103 cm³/mol. The van der Waals surface area contributed by atoms with Crippen LogP contribution >= 0.6 is 11.6 Å². The number of benzene rings is 2. The zero-order chi connectivity index (χ0) is 18.8. The lowest BCUT2D eigenvalue weighted by Crippen LogP contribution is -2.18. The molecular weight excluding hydrogens is 358 g/mol. The third-order valence-corrected chi connectivity index (χ3v) is 5.71. The molecule has 0 saturated carbocycles. The Balaban J connectivity index is 2.55. The van der Waals surface area contributed by atoms with Crippen molar-refractivity contribution in [1.82, 2.24) is 0 Å². The lowest BCUT2D eigenvalue weighted by Gasteiger charge is -2.22. The molecule has 0 heterocycles. The van der Waals surface area contributed by atoms with Crippen molar-refractivity contribution in [1.29, 1.82) is 0 Å². The average molecular weight is 382 g/mol. The van der Waals surface area contributed by atoms with E-state index >= 15 is 0 Å². The third-order valence-electron chi connectivity index (χ3n) is 3.91. The van der Waals surface area contributed by atoms with Crippen molar-refractivity contribution in [3.8, 4) is 5.75 Å². The first-order chi connectivity index (χ1) is 11.6. The molecule has 0 aliphatic heterocycles. The Morgan fingerprint density at radius 3 is 2.44 bits per heavy atom. The van der Waals surface area contributed by atoms with Crippen molar-refractivity contribution in [2.45, 2.75) is 44.9 Å². The Bertz CT molecular complexity index is 871. The second kappa shape index (κ2) is 7.26. The molecule has 0 atom stereocenters. The molecule has 0 saturated heterocycles. The fourth-order valence-corrected chi connectivity index (χ4v) is 3.85. The maximum atomic E-state index is 13.0. The zero-order valence-corrected chi connectivity index (χ0v) is 16.8. The number of sulfonamides is 1. The van der Waals surface area contributed by atoms with Crippen LogP contribution < -0.4 is 9.46 Å². The molecule has 0 fully saturated rings. The fraction of sp³-hybridized carbons (Fsp3) is 0.368. The molecule has 0 amide bonds. The highest BCUT2D eigenvalue weighted by atomic mass is 35.5. The second-order valence-corrected chi connectivity index (χ2v) is 8.92. The maximum absolute atomic E-state index is 13.0. The van der Waals surface area contributed by atoms with Crippen LogP contribution in [0, 0.1) is 6.92 Å². The molecular formula is C19H24ClNO3S. The molecule has 0 aromatic heterocycles. The van der Waals surface area contributed by atoms with Crippen molar-refractivity contribution >= 4 is 27.3 Å². The summed E-state index contributed by atoms with van der Waals surface area (Å²) >= 11 is 6.10. The van der Waals surface area contributed by atoms with Crippen LogP contribution in [-0.2, 0) is 15.4 Å². The first kappa shape index (κ1) is 19.6. The number of hydrogen-bond donors (Lipinski definition) is 1. The summed E-state index contributed by atoms with van der Waals surface area (Å²) in [6.07, 6.45) is 0. The van der Waals surface area contributed by atoms with E-state index in [2.05, 4.69) is 4.72 Å². The van der Waals surface area contributed by atoms with E-state index in [9.17, 15) is 8.42 Å². The molecule has 0 unspecified atom stereocenters. The molecule has 1 N–H and O–H groups in total. The van der Waals surface area contributed by atoms with Crippen LogP contribution in [0.2, 0.25) is 5.02 Å². The van der Waals surface area contributed by atoms with Gasteiger partial charge >= 0.3 is 0 Å². The van der Waals surface area contributed by atoms with Crippen LogP contribution in [0.4, 0.5) is 5.69 Å². The van der Waals surface area contributed by atoms with E-state index in [4.69, 9.17) is 16.3 Å². The average Bonchev–Trinajstić information content (AvgIpc) is 2.51. The van der Waals surface area contributed by atoms with E-state index in [0.29, 0.717) is 28.6 Å². The molecule has 0 spiro atoms. The van der Waals surface area contributed by atoms with Gasteiger partial charge in [-0.25, -0.2) is 8.42 Å². The van der Waals surface area contributed by atoms with E-state index in [1.807, 2.05) is 33.8 Å². The second-order valence-electron chi connectivity index (χ2n) is 6.86. The van der Waals surface area contributed by atoms with Gasteiger partial charge in [-0.15, -0.1) is 0 Å². The first-order valence-corrected chi connectivity index (χ1v) is 9.97. The topological polar surface area (TPSA) is 55.4 Å².